The summed E-state index contributed by atoms with van der Waals surface area (Å²) in [7, 11) is 0. The van der Waals surface area contributed by atoms with Gasteiger partial charge in [0.05, 0.1) is 29.0 Å². The van der Waals surface area contributed by atoms with Gasteiger partial charge in [0.1, 0.15) is 6.61 Å². The number of hydrogen-bond donors (Lipinski definition) is 2. The van der Waals surface area contributed by atoms with Gasteiger partial charge < -0.3 is 14.6 Å². The molecule has 2 N–H and O–H groups in total. The average Bonchev–Trinajstić information content (AvgIpc) is 2.83. The lowest BCUT2D eigenvalue weighted by Crippen LogP contribution is -2.18. The zero-order valence-corrected chi connectivity index (χ0v) is 19.6. The summed E-state index contributed by atoms with van der Waals surface area (Å²) in [6, 6.07) is 13.2. The van der Waals surface area contributed by atoms with E-state index >= 15 is 0 Å². The molecule has 188 valence electrons. The first-order valence-electron chi connectivity index (χ1n) is 10.5. The maximum atomic E-state index is 12.9. The zero-order valence-electron chi connectivity index (χ0n) is 18.8. The van der Waals surface area contributed by atoms with Crippen molar-refractivity contribution in [1.82, 2.24) is 5.43 Å². The molecular weight excluding hydrogens is 501 g/mol. The maximum absolute atomic E-state index is 12.9. The monoisotopic (exact) mass is 520 g/mol. The third-order valence-electron chi connectivity index (χ3n) is 4.75. The average molecular weight is 521 g/mol. The third-order valence-corrected chi connectivity index (χ3v) is 5.03. The van der Waals surface area contributed by atoms with E-state index in [1.807, 2.05) is 0 Å². The van der Waals surface area contributed by atoms with Crippen molar-refractivity contribution in [1.29, 1.82) is 0 Å². The molecule has 0 aromatic heterocycles. The van der Waals surface area contributed by atoms with Crippen LogP contribution >= 0.6 is 11.6 Å². The van der Waals surface area contributed by atoms with E-state index in [4.69, 9.17) is 26.2 Å². The highest BCUT2D eigenvalue weighted by molar-refractivity contribution is 6.32. The Bertz CT molecular complexity index is 1280. The van der Waals surface area contributed by atoms with E-state index in [2.05, 4.69) is 10.5 Å². The molecule has 0 radical (unpaired) electrons. The SMILES string of the molecule is CCOc1cc(/C=N\NC(=O)c2cccc(C(F)(F)F)c2)cc(Cl)c1OCc1ccc(C(=O)O)cc1. The number of hydrogen-bond acceptors (Lipinski definition) is 5. The number of nitrogens with zero attached hydrogens (tertiary/aromatic N) is 1. The number of ether oxygens (including phenoxy) is 2. The van der Waals surface area contributed by atoms with Gasteiger partial charge in [0.15, 0.2) is 11.5 Å². The number of carboxylic acid groups (broad SMARTS) is 1. The van der Waals surface area contributed by atoms with Gasteiger partial charge in [-0.05, 0) is 60.5 Å². The van der Waals surface area contributed by atoms with Crippen molar-refractivity contribution in [2.75, 3.05) is 6.61 Å². The van der Waals surface area contributed by atoms with Crippen molar-refractivity contribution in [2.45, 2.75) is 19.7 Å². The van der Waals surface area contributed by atoms with Crippen LogP contribution in [0.25, 0.3) is 0 Å². The zero-order chi connectivity index (χ0) is 26.3. The molecule has 0 bridgehead atoms. The van der Waals surface area contributed by atoms with Crippen molar-refractivity contribution < 1.29 is 37.3 Å². The lowest BCUT2D eigenvalue weighted by Gasteiger charge is -2.14. The fourth-order valence-corrected chi connectivity index (χ4v) is 3.30. The number of carbonyl (C=O) groups excluding carboxylic acids is 1. The van der Waals surface area contributed by atoms with E-state index in [0.29, 0.717) is 23.5 Å². The van der Waals surface area contributed by atoms with Crippen LogP contribution in [-0.2, 0) is 12.8 Å². The minimum Gasteiger partial charge on any atom is -0.490 e. The molecule has 3 rings (SSSR count). The van der Waals surface area contributed by atoms with Gasteiger partial charge >= 0.3 is 12.1 Å². The summed E-state index contributed by atoms with van der Waals surface area (Å²) < 4.78 is 50.0. The molecule has 36 heavy (non-hydrogen) atoms. The molecule has 3 aromatic rings. The molecule has 0 saturated heterocycles. The molecule has 0 aliphatic carbocycles. The van der Waals surface area contributed by atoms with Gasteiger partial charge in [-0.1, -0.05) is 29.8 Å². The van der Waals surface area contributed by atoms with Crippen LogP contribution < -0.4 is 14.9 Å². The first-order valence-corrected chi connectivity index (χ1v) is 10.9. The molecule has 0 fully saturated rings. The van der Waals surface area contributed by atoms with Crippen LogP contribution in [0, 0.1) is 0 Å². The van der Waals surface area contributed by atoms with E-state index in [1.165, 1.54) is 30.5 Å². The van der Waals surface area contributed by atoms with Gasteiger partial charge in [-0.25, -0.2) is 10.2 Å². The van der Waals surface area contributed by atoms with E-state index in [-0.39, 0.29) is 28.5 Å². The molecular formula is C25H20ClF3N2O5. The van der Waals surface area contributed by atoms with Gasteiger partial charge in [0.2, 0.25) is 0 Å². The molecule has 0 aliphatic heterocycles. The summed E-state index contributed by atoms with van der Waals surface area (Å²) in [5, 5.41) is 13.0. The van der Waals surface area contributed by atoms with Crippen LogP contribution in [0.5, 0.6) is 11.5 Å². The molecule has 0 atom stereocenters. The first kappa shape index (κ1) is 26.6. The second-order valence-corrected chi connectivity index (χ2v) is 7.74. The Morgan fingerprint density at radius 1 is 1.06 bits per heavy atom. The number of carboxylic acids is 1. The minimum absolute atomic E-state index is 0.0974. The molecule has 3 aromatic carbocycles. The Morgan fingerprint density at radius 3 is 2.42 bits per heavy atom. The standard InChI is InChI=1S/C25H20ClF3N2O5/c1-2-35-21-11-16(13-30-31-23(32)18-4-3-5-19(12-18)25(27,28)29)10-20(26)22(21)36-14-15-6-8-17(9-7-15)24(33)34/h3-13H,2,14H2,1H3,(H,31,32)(H,33,34)/b30-13-. The van der Waals surface area contributed by atoms with Gasteiger partial charge in [-0.2, -0.15) is 18.3 Å². The second kappa shape index (κ2) is 11.6. The number of aromatic carboxylic acids is 1. The Kier molecular flexibility index (Phi) is 8.55. The topological polar surface area (TPSA) is 97.2 Å². The van der Waals surface area contributed by atoms with Crippen molar-refractivity contribution in [2.24, 2.45) is 5.10 Å². The Hall–Kier alpha value is -4.05. The molecule has 0 heterocycles. The van der Waals surface area contributed by atoms with E-state index in [9.17, 15) is 22.8 Å². The van der Waals surface area contributed by atoms with Crippen molar-refractivity contribution in [3.63, 3.8) is 0 Å². The maximum Gasteiger partial charge on any atom is 0.416 e. The number of benzene rings is 3. The van der Waals surface area contributed by atoms with Crippen molar-refractivity contribution >= 4 is 29.7 Å². The third kappa shape index (κ3) is 6.98. The highest BCUT2D eigenvalue weighted by Crippen LogP contribution is 2.37. The Labute approximate surface area is 209 Å². The number of amides is 1. The molecule has 7 nitrogen and oxygen atoms in total. The number of alkyl halides is 3. The highest BCUT2D eigenvalue weighted by atomic mass is 35.5. The molecule has 11 heteroatoms. The Balaban J connectivity index is 1.71. The molecule has 0 unspecified atom stereocenters. The summed E-state index contributed by atoms with van der Waals surface area (Å²) in [6.07, 6.45) is -3.31. The van der Waals surface area contributed by atoms with E-state index in [1.54, 1.807) is 25.1 Å². The van der Waals surface area contributed by atoms with Crippen LogP contribution in [0.4, 0.5) is 13.2 Å². The molecule has 0 aliphatic rings. The van der Waals surface area contributed by atoms with E-state index < -0.39 is 23.6 Å². The number of nitrogens with one attached hydrogen (secondary N) is 1. The van der Waals surface area contributed by atoms with Crippen LogP contribution in [0.3, 0.4) is 0 Å². The van der Waals surface area contributed by atoms with Crippen LogP contribution in [-0.4, -0.2) is 29.8 Å². The summed E-state index contributed by atoms with van der Waals surface area (Å²) in [5.74, 6) is -1.29. The molecule has 0 spiro atoms. The summed E-state index contributed by atoms with van der Waals surface area (Å²) in [4.78, 5) is 23.2. The first-order chi connectivity index (χ1) is 17.1. The normalized spacial score (nSPS) is 11.4. The summed E-state index contributed by atoms with van der Waals surface area (Å²) in [6.45, 7) is 2.16. The second-order valence-electron chi connectivity index (χ2n) is 7.33. The Morgan fingerprint density at radius 2 is 1.78 bits per heavy atom. The lowest BCUT2D eigenvalue weighted by molar-refractivity contribution is -0.137. The number of halogens is 4. The smallest absolute Gasteiger partial charge is 0.416 e. The number of rotatable bonds is 9. The predicted octanol–water partition coefficient (Wildman–Crippen LogP) is 5.80. The van der Waals surface area contributed by atoms with Gasteiger partial charge in [0.25, 0.3) is 5.91 Å². The molecule has 0 saturated carbocycles. The van der Waals surface area contributed by atoms with Gasteiger partial charge in [0, 0.05) is 5.56 Å². The lowest BCUT2D eigenvalue weighted by atomic mass is 10.1. The van der Waals surface area contributed by atoms with E-state index in [0.717, 1.165) is 18.2 Å². The quantitative estimate of drug-likeness (QED) is 0.274. The summed E-state index contributed by atoms with van der Waals surface area (Å²) in [5.41, 5.74) is 2.33. The largest absolute Gasteiger partial charge is 0.490 e. The minimum atomic E-state index is -4.57. The predicted molar refractivity (Wildman–Crippen MR) is 127 cm³/mol. The number of carbonyl (C=O) groups is 2. The van der Waals surface area contributed by atoms with Crippen LogP contribution in [0.1, 0.15) is 44.3 Å². The van der Waals surface area contributed by atoms with Gasteiger partial charge in [-0.3, -0.25) is 4.79 Å². The van der Waals surface area contributed by atoms with Crippen LogP contribution in [0.15, 0.2) is 65.8 Å². The fraction of sp³-hybridized carbons (Fsp3) is 0.160. The highest BCUT2D eigenvalue weighted by Gasteiger charge is 2.30. The number of hydrazone groups is 1. The van der Waals surface area contributed by atoms with Crippen molar-refractivity contribution in [3.8, 4) is 11.5 Å². The fourth-order valence-electron chi connectivity index (χ4n) is 3.03. The summed E-state index contributed by atoms with van der Waals surface area (Å²) >= 11 is 6.36. The van der Waals surface area contributed by atoms with Gasteiger partial charge in [-0.15, -0.1) is 0 Å². The molecule has 1 amide bonds. The van der Waals surface area contributed by atoms with Crippen molar-refractivity contribution in [3.05, 3.63) is 93.5 Å². The van der Waals surface area contributed by atoms with Crippen LogP contribution in [0.2, 0.25) is 5.02 Å².